The molecule has 1 atom stereocenters. The largest absolute Gasteiger partial charge is 0.369 e. The van der Waals surface area contributed by atoms with Crippen LogP contribution in [0.15, 0.2) is 6.07 Å². The first kappa shape index (κ1) is 15.4. The maximum atomic E-state index is 6.20. The Balaban J connectivity index is 2.36. The van der Waals surface area contributed by atoms with Crippen LogP contribution >= 0.6 is 23.2 Å². The van der Waals surface area contributed by atoms with Crippen LogP contribution in [0.3, 0.4) is 0 Å². The highest BCUT2D eigenvalue weighted by atomic mass is 35.5. The van der Waals surface area contributed by atoms with Gasteiger partial charge in [-0.25, -0.2) is 9.97 Å². The van der Waals surface area contributed by atoms with Gasteiger partial charge in [-0.2, -0.15) is 0 Å². The van der Waals surface area contributed by atoms with Crippen LogP contribution in [0.4, 0.5) is 5.95 Å². The second-order valence-corrected chi connectivity index (χ2v) is 5.85. The van der Waals surface area contributed by atoms with Gasteiger partial charge in [0.2, 0.25) is 5.95 Å². The molecule has 0 aliphatic rings. The second kappa shape index (κ2) is 6.64. The molecule has 110 valence electrons. The molecular formula is C14H20Cl2N4. The van der Waals surface area contributed by atoms with E-state index in [1.165, 1.54) is 19.3 Å². The third-order valence-electron chi connectivity index (χ3n) is 3.66. The molecule has 0 amide bonds. The minimum absolute atomic E-state index is 0.338. The van der Waals surface area contributed by atoms with Crippen LogP contribution in [-0.4, -0.2) is 14.5 Å². The van der Waals surface area contributed by atoms with Gasteiger partial charge in [0.1, 0.15) is 10.7 Å². The second-order valence-electron chi connectivity index (χ2n) is 5.10. The van der Waals surface area contributed by atoms with Crippen molar-refractivity contribution < 1.29 is 0 Å². The summed E-state index contributed by atoms with van der Waals surface area (Å²) < 4.78 is 1.96. The Morgan fingerprint density at radius 3 is 2.70 bits per heavy atom. The molecule has 0 aliphatic heterocycles. The van der Waals surface area contributed by atoms with E-state index in [1.807, 2.05) is 4.57 Å². The first-order valence-electron chi connectivity index (χ1n) is 7.04. The van der Waals surface area contributed by atoms with Gasteiger partial charge in [-0.05, 0) is 12.3 Å². The maximum Gasteiger partial charge on any atom is 0.201 e. The van der Waals surface area contributed by atoms with E-state index < -0.39 is 0 Å². The number of halogens is 2. The number of rotatable bonds is 6. The molecule has 2 rings (SSSR count). The molecule has 0 bridgehead atoms. The van der Waals surface area contributed by atoms with Crippen molar-refractivity contribution in [3.8, 4) is 0 Å². The van der Waals surface area contributed by atoms with Crippen LogP contribution in [0.5, 0.6) is 0 Å². The number of imidazole rings is 1. The molecule has 4 nitrogen and oxygen atoms in total. The van der Waals surface area contributed by atoms with Crippen molar-refractivity contribution in [2.24, 2.45) is 5.92 Å². The van der Waals surface area contributed by atoms with Gasteiger partial charge >= 0.3 is 0 Å². The van der Waals surface area contributed by atoms with Crippen LogP contribution in [0.25, 0.3) is 11.0 Å². The lowest BCUT2D eigenvalue weighted by Crippen LogP contribution is -2.12. The summed E-state index contributed by atoms with van der Waals surface area (Å²) in [5.41, 5.74) is 7.51. The van der Waals surface area contributed by atoms with E-state index in [9.17, 15) is 0 Å². The normalized spacial score (nSPS) is 13.0. The summed E-state index contributed by atoms with van der Waals surface area (Å²) in [5, 5.41) is 0.701. The number of nitrogens with zero attached hydrogens (tertiary/aromatic N) is 3. The fourth-order valence-electron chi connectivity index (χ4n) is 2.46. The van der Waals surface area contributed by atoms with Crippen molar-refractivity contribution in [1.82, 2.24) is 14.5 Å². The summed E-state index contributed by atoms with van der Waals surface area (Å²) in [4.78, 5) is 8.42. The maximum absolute atomic E-state index is 6.20. The van der Waals surface area contributed by atoms with Crippen LogP contribution in [0.2, 0.25) is 10.3 Å². The molecule has 0 saturated heterocycles. The van der Waals surface area contributed by atoms with E-state index in [4.69, 9.17) is 28.9 Å². The van der Waals surface area contributed by atoms with E-state index in [0.717, 1.165) is 18.5 Å². The first-order valence-corrected chi connectivity index (χ1v) is 7.80. The predicted octanol–water partition coefficient (Wildman–Crippen LogP) is 4.54. The van der Waals surface area contributed by atoms with Crippen molar-refractivity contribution in [1.29, 1.82) is 0 Å². The Hall–Kier alpha value is -1.00. The quantitative estimate of drug-likeness (QED) is 0.796. The van der Waals surface area contributed by atoms with Gasteiger partial charge in [0.25, 0.3) is 0 Å². The number of unbranched alkanes of at least 4 members (excludes halogenated alkanes) is 1. The van der Waals surface area contributed by atoms with E-state index in [2.05, 4.69) is 23.8 Å². The monoisotopic (exact) mass is 314 g/mol. The third kappa shape index (κ3) is 3.18. The zero-order chi connectivity index (χ0) is 14.7. The third-order valence-corrected chi connectivity index (χ3v) is 4.12. The lowest BCUT2D eigenvalue weighted by Gasteiger charge is -2.16. The molecule has 0 saturated carbocycles. The minimum atomic E-state index is 0.338. The zero-order valence-electron chi connectivity index (χ0n) is 11.9. The zero-order valence-corrected chi connectivity index (χ0v) is 13.4. The van der Waals surface area contributed by atoms with Crippen LogP contribution in [0, 0.1) is 5.92 Å². The van der Waals surface area contributed by atoms with Gasteiger partial charge in [0, 0.05) is 12.6 Å². The number of anilines is 1. The summed E-state index contributed by atoms with van der Waals surface area (Å²) in [6.07, 6.45) is 4.72. The molecule has 1 unspecified atom stereocenters. The van der Waals surface area contributed by atoms with Crippen molar-refractivity contribution in [3.63, 3.8) is 0 Å². The molecular weight excluding hydrogens is 295 g/mol. The number of fused-ring (bicyclic) bond motifs is 1. The van der Waals surface area contributed by atoms with E-state index >= 15 is 0 Å². The van der Waals surface area contributed by atoms with Gasteiger partial charge in [-0.1, -0.05) is 56.3 Å². The fraction of sp³-hybridized carbons (Fsp3) is 0.571. The number of nitrogens with two attached hydrogens (primary N) is 1. The summed E-state index contributed by atoms with van der Waals surface area (Å²) in [7, 11) is 0. The molecule has 2 heterocycles. The van der Waals surface area contributed by atoms with Gasteiger partial charge in [-0.3, -0.25) is 0 Å². The highest BCUT2D eigenvalue weighted by Gasteiger charge is 2.16. The fourth-order valence-corrected chi connectivity index (χ4v) is 2.98. The van der Waals surface area contributed by atoms with E-state index in [-0.39, 0.29) is 0 Å². The SMILES string of the molecule is CCCCC(CC)Cn1c(N)nc2cc(Cl)nc(Cl)c21. The molecule has 2 aromatic heterocycles. The predicted molar refractivity (Wildman–Crippen MR) is 85.3 cm³/mol. The Kier molecular flexibility index (Phi) is 5.11. The highest BCUT2D eigenvalue weighted by molar-refractivity contribution is 6.36. The molecule has 0 radical (unpaired) electrons. The smallest absolute Gasteiger partial charge is 0.201 e. The summed E-state index contributed by atoms with van der Waals surface area (Å²) >= 11 is 12.1. The van der Waals surface area contributed by atoms with E-state index in [0.29, 0.717) is 27.7 Å². The molecule has 0 spiro atoms. The Morgan fingerprint density at radius 2 is 2.05 bits per heavy atom. The minimum Gasteiger partial charge on any atom is -0.369 e. The molecule has 2 N–H and O–H groups in total. The van der Waals surface area contributed by atoms with Crippen molar-refractivity contribution in [2.75, 3.05) is 5.73 Å². The lowest BCUT2D eigenvalue weighted by atomic mass is 9.99. The summed E-state index contributed by atoms with van der Waals surface area (Å²) in [5.74, 6) is 1.04. The number of nitrogen functional groups attached to an aromatic ring is 1. The number of aromatic nitrogens is 3. The van der Waals surface area contributed by atoms with Gasteiger partial charge in [-0.15, -0.1) is 0 Å². The molecule has 6 heteroatoms. The number of pyridine rings is 1. The van der Waals surface area contributed by atoms with E-state index in [1.54, 1.807) is 6.07 Å². The van der Waals surface area contributed by atoms with Crippen LogP contribution in [-0.2, 0) is 6.54 Å². The first-order chi connectivity index (χ1) is 9.56. The molecule has 0 fully saturated rings. The van der Waals surface area contributed by atoms with Crippen molar-refractivity contribution >= 4 is 40.2 Å². The van der Waals surface area contributed by atoms with Crippen LogP contribution < -0.4 is 5.73 Å². The average molecular weight is 315 g/mol. The van der Waals surface area contributed by atoms with Crippen molar-refractivity contribution in [3.05, 3.63) is 16.4 Å². The van der Waals surface area contributed by atoms with Gasteiger partial charge in [0.15, 0.2) is 5.15 Å². The molecule has 0 aromatic carbocycles. The lowest BCUT2D eigenvalue weighted by molar-refractivity contribution is 0.397. The Morgan fingerprint density at radius 1 is 1.30 bits per heavy atom. The molecule has 0 aliphatic carbocycles. The van der Waals surface area contributed by atoms with Crippen molar-refractivity contribution in [2.45, 2.75) is 46.1 Å². The Bertz CT molecular complexity index is 594. The standard InChI is InChI=1S/C14H20Cl2N4/c1-3-5-6-9(4-2)8-20-12-10(18-14(20)17)7-11(15)19-13(12)16/h7,9H,3-6,8H2,1-2H3,(H2,17,18). The van der Waals surface area contributed by atoms with Crippen LogP contribution in [0.1, 0.15) is 39.5 Å². The van der Waals surface area contributed by atoms with Gasteiger partial charge in [0.05, 0.1) is 5.52 Å². The number of hydrogen-bond acceptors (Lipinski definition) is 3. The summed E-state index contributed by atoms with van der Waals surface area (Å²) in [6.45, 7) is 5.23. The average Bonchev–Trinajstić information content (AvgIpc) is 2.70. The Labute approximate surface area is 129 Å². The van der Waals surface area contributed by atoms with Gasteiger partial charge < -0.3 is 10.3 Å². The number of hydrogen-bond donors (Lipinski definition) is 1. The molecule has 20 heavy (non-hydrogen) atoms. The summed E-state index contributed by atoms with van der Waals surface area (Å²) in [6, 6.07) is 1.70. The topological polar surface area (TPSA) is 56.7 Å². The highest BCUT2D eigenvalue weighted by Crippen LogP contribution is 2.28. The molecule has 2 aromatic rings.